The molecule has 100 valence electrons. The minimum Gasteiger partial charge on any atom is -0.471 e. The molecule has 5 nitrogen and oxygen atoms in total. The molecule has 0 bridgehead atoms. The molecule has 1 aliphatic rings. The van der Waals surface area contributed by atoms with Crippen molar-refractivity contribution in [3.05, 3.63) is 23.9 Å². The first-order valence-electron chi connectivity index (χ1n) is 6.22. The fourth-order valence-electron chi connectivity index (χ4n) is 1.76. The average Bonchev–Trinajstić information content (AvgIpc) is 2.92. The molecule has 1 amide bonds. The van der Waals surface area contributed by atoms with Crippen molar-refractivity contribution < 1.29 is 14.3 Å². The van der Waals surface area contributed by atoms with E-state index in [4.69, 9.17) is 15.9 Å². The summed E-state index contributed by atoms with van der Waals surface area (Å²) < 4.78 is 10.9. The van der Waals surface area contributed by atoms with Gasteiger partial charge >= 0.3 is 0 Å². The number of amides is 1. The zero-order valence-electron chi connectivity index (χ0n) is 10.6. The zero-order valence-corrected chi connectivity index (χ0v) is 10.6. The van der Waals surface area contributed by atoms with Crippen LogP contribution in [0.3, 0.4) is 0 Å². The first kappa shape index (κ1) is 13.4. The van der Waals surface area contributed by atoms with Crippen LogP contribution in [0.5, 0.6) is 5.88 Å². The second kappa shape index (κ2) is 6.76. The highest BCUT2D eigenvalue weighted by Crippen LogP contribution is 2.18. The number of carbonyl (C=O) groups excluding carboxylic acids is 1. The van der Waals surface area contributed by atoms with E-state index in [0.29, 0.717) is 37.6 Å². The lowest BCUT2D eigenvalue weighted by atomic mass is 10.2. The van der Waals surface area contributed by atoms with Gasteiger partial charge in [0.15, 0.2) is 0 Å². The molecular formula is C14H16N2O3. The van der Waals surface area contributed by atoms with Crippen molar-refractivity contribution in [2.45, 2.75) is 18.9 Å². The molecule has 0 aromatic carbocycles. The van der Waals surface area contributed by atoms with Crippen molar-refractivity contribution in [3.8, 4) is 18.2 Å². The van der Waals surface area contributed by atoms with Crippen LogP contribution in [0, 0.1) is 12.3 Å². The lowest BCUT2D eigenvalue weighted by Crippen LogP contribution is -2.26. The molecule has 1 aromatic heterocycles. The van der Waals surface area contributed by atoms with Gasteiger partial charge in [0.25, 0.3) is 5.91 Å². The second-order valence-corrected chi connectivity index (χ2v) is 4.17. The third-order valence-electron chi connectivity index (χ3n) is 2.74. The Hall–Kier alpha value is -2.06. The Morgan fingerprint density at radius 2 is 2.58 bits per heavy atom. The molecule has 0 radical (unpaired) electrons. The van der Waals surface area contributed by atoms with Gasteiger partial charge < -0.3 is 14.8 Å². The molecule has 0 aliphatic carbocycles. The molecule has 19 heavy (non-hydrogen) atoms. The number of rotatable bonds is 5. The monoisotopic (exact) mass is 260 g/mol. The highest BCUT2D eigenvalue weighted by Gasteiger charge is 2.21. The van der Waals surface area contributed by atoms with Crippen LogP contribution >= 0.6 is 0 Å². The van der Waals surface area contributed by atoms with Gasteiger partial charge in [-0.1, -0.05) is 0 Å². The minimum absolute atomic E-state index is 0.0350. The number of aromatic nitrogens is 1. The van der Waals surface area contributed by atoms with Gasteiger partial charge in [-0.3, -0.25) is 4.79 Å². The largest absolute Gasteiger partial charge is 0.471 e. The van der Waals surface area contributed by atoms with E-state index in [0.717, 1.165) is 6.42 Å². The second-order valence-electron chi connectivity index (χ2n) is 4.17. The summed E-state index contributed by atoms with van der Waals surface area (Å²) in [6.45, 7) is 1.66. The van der Waals surface area contributed by atoms with Crippen molar-refractivity contribution in [2.24, 2.45) is 0 Å². The number of terminal acetylenes is 1. The van der Waals surface area contributed by atoms with E-state index in [9.17, 15) is 4.79 Å². The van der Waals surface area contributed by atoms with Gasteiger partial charge in [0.05, 0.1) is 13.2 Å². The van der Waals surface area contributed by atoms with E-state index in [2.05, 4.69) is 16.2 Å². The summed E-state index contributed by atoms with van der Waals surface area (Å²) in [6.07, 6.45) is 8.02. The van der Waals surface area contributed by atoms with Crippen LogP contribution in [0.15, 0.2) is 18.3 Å². The van der Waals surface area contributed by atoms with Crippen LogP contribution in [0.4, 0.5) is 0 Å². The van der Waals surface area contributed by atoms with Gasteiger partial charge in [-0.25, -0.2) is 4.98 Å². The summed E-state index contributed by atoms with van der Waals surface area (Å²) in [6, 6.07) is 3.39. The predicted molar refractivity (Wildman–Crippen MR) is 69.9 cm³/mol. The number of hydrogen-bond acceptors (Lipinski definition) is 4. The van der Waals surface area contributed by atoms with Gasteiger partial charge in [0, 0.05) is 25.6 Å². The minimum atomic E-state index is -0.225. The SMILES string of the molecule is C#CCCNC(=O)c1cccnc1O[C@H]1CCOC1. The quantitative estimate of drug-likeness (QED) is 0.634. The third-order valence-corrected chi connectivity index (χ3v) is 2.74. The molecule has 1 N–H and O–H groups in total. The normalized spacial score (nSPS) is 17.7. The van der Waals surface area contributed by atoms with Gasteiger partial charge in [0.2, 0.25) is 5.88 Å². The van der Waals surface area contributed by atoms with Gasteiger partial charge in [0.1, 0.15) is 11.7 Å². The smallest absolute Gasteiger partial charge is 0.256 e. The summed E-state index contributed by atoms with van der Waals surface area (Å²) in [5, 5.41) is 2.73. The summed E-state index contributed by atoms with van der Waals surface area (Å²) >= 11 is 0. The molecule has 1 saturated heterocycles. The van der Waals surface area contributed by atoms with Crippen molar-refractivity contribution in [2.75, 3.05) is 19.8 Å². The molecule has 1 atom stereocenters. The van der Waals surface area contributed by atoms with Crippen molar-refractivity contribution in [1.82, 2.24) is 10.3 Å². The van der Waals surface area contributed by atoms with E-state index in [1.165, 1.54) is 0 Å². The molecule has 5 heteroatoms. The fraction of sp³-hybridized carbons (Fsp3) is 0.429. The molecule has 0 saturated carbocycles. The van der Waals surface area contributed by atoms with E-state index in [1.807, 2.05) is 0 Å². The zero-order chi connectivity index (χ0) is 13.5. The van der Waals surface area contributed by atoms with E-state index < -0.39 is 0 Å². The van der Waals surface area contributed by atoms with E-state index >= 15 is 0 Å². The Balaban J connectivity index is 2.02. The lowest BCUT2D eigenvalue weighted by Gasteiger charge is -2.13. The van der Waals surface area contributed by atoms with Crippen LogP contribution < -0.4 is 10.1 Å². The third kappa shape index (κ3) is 3.70. The first-order valence-corrected chi connectivity index (χ1v) is 6.22. The fourth-order valence-corrected chi connectivity index (χ4v) is 1.76. The molecule has 0 unspecified atom stereocenters. The molecule has 1 aliphatic heterocycles. The Bertz CT molecular complexity index is 476. The number of pyridine rings is 1. The maximum absolute atomic E-state index is 12.0. The maximum Gasteiger partial charge on any atom is 0.256 e. The molecule has 2 rings (SSSR count). The number of carbonyl (C=O) groups is 1. The Labute approximate surface area is 112 Å². The van der Waals surface area contributed by atoms with Crippen LogP contribution in [0.25, 0.3) is 0 Å². The van der Waals surface area contributed by atoms with Gasteiger partial charge in [-0.15, -0.1) is 12.3 Å². The molecule has 1 aromatic rings. The Kier molecular flexibility index (Phi) is 4.76. The average molecular weight is 260 g/mol. The number of ether oxygens (including phenoxy) is 2. The summed E-state index contributed by atoms with van der Waals surface area (Å²) in [5.74, 6) is 2.59. The summed E-state index contributed by atoms with van der Waals surface area (Å²) in [5.41, 5.74) is 0.423. The van der Waals surface area contributed by atoms with E-state index in [1.54, 1.807) is 18.3 Å². The molecule has 0 spiro atoms. The number of nitrogens with zero attached hydrogens (tertiary/aromatic N) is 1. The van der Waals surface area contributed by atoms with Crippen LogP contribution in [-0.2, 0) is 4.74 Å². The lowest BCUT2D eigenvalue weighted by molar-refractivity contribution is 0.0941. The summed E-state index contributed by atoms with van der Waals surface area (Å²) in [4.78, 5) is 16.1. The molecule has 2 heterocycles. The van der Waals surface area contributed by atoms with Crippen molar-refractivity contribution >= 4 is 5.91 Å². The van der Waals surface area contributed by atoms with E-state index in [-0.39, 0.29) is 12.0 Å². The number of hydrogen-bond donors (Lipinski definition) is 1. The number of nitrogens with one attached hydrogen (secondary N) is 1. The molecule has 1 fully saturated rings. The molecular weight excluding hydrogens is 244 g/mol. The highest BCUT2D eigenvalue weighted by atomic mass is 16.5. The predicted octanol–water partition coefficient (Wildman–Crippen LogP) is 1.00. The van der Waals surface area contributed by atoms with Crippen LogP contribution in [0.1, 0.15) is 23.2 Å². The summed E-state index contributed by atoms with van der Waals surface area (Å²) in [7, 11) is 0. The van der Waals surface area contributed by atoms with Crippen molar-refractivity contribution in [3.63, 3.8) is 0 Å². The topological polar surface area (TPSA) is 60.5 Å². The first-order chi connectivity index (χ1) is 9.31. The maximum atomic E-state index is 12.0. The standard InChI is InChI=1S/C14H16N2O3/c1-2-3-7-15-13(17)12-5-4-8-16-14(12)19-11-6-9-18-10-11/h1,4-5,8,11H,3,6-7,9-10H2,(H,15,17)/t11-/m0/s1. The van der Waals surface area contributed by atoms with Crippen molar-refractivity contribution in [1.29, 1.82) is 0 Å². The van der Waals surface area contributed by atoms with Crippen LogP contribution in [0.2, 0.25) is 0 Å². The van der Waals surface area contributed by atoms with Crippen LogP contribution in [-0.4, -0.2) is 36.8 Å². The van der Waals surface area contributed by atoms with Gasteiger partial charge in [-0.2, -0.15) is 0 Å². The highest BCUT2D eigenvalue weighted by molar-refractivity contribution is 5.96. The Morgan fingerprint density at radius 1 is 1.68 bits per heavy atom. The van der Waals surface area contributed by atoms with Gasteiger partial charge in [-0.05, 0) is 12.1 Å². The Morgan fingerprint density at radius 3 is 3.32 bits per heavy atom.